The number of hydrogen-bond acceptors (Lipinski definition) is 1. The Bertz CT molecular complexity index is 988. The normalized spacial score (nSPS) is 11.6. The summed E-state index contributed by atoms with van der Waals surface area (Å²) in [5.41, 5.74) is 0.0907. The molecule has 0 unspecified atom stereocenters. The van der Waals surface area contributed by atoms with Gasteiger partial charge in [0.2, 0.25) is 29.1 Å². The van der Waals surface area contributed by atoms with Gasteiger partial charge in [0.05, 0.1) is 7.11 Å². The molecule has 3 aromatic carbocycles. The molecule has 2 nitrogen and oxygen atoms in total. The van der Waals surface area contributed by atoms with Crippen molar-refractivity contribution in [2.24, 2.45) is 0 Å². The maximum atomic E-state index is 14.4. The highest BCUT2D eigenvalue weighted by Gasteiger charge is 2.33. The van der Waals surface area contributed by atoms with Crippen molar-refractivity contribution in [2.75, 3.05) is 7.11 Å². The molecule has 3 aromatic rings. The highest BCUT2D eigenvalue weighted by atomic mass is 19.2. The van der Waals surface area contributed by atoms with Crippen molar-refractivity contribution in [3.63, 3.8) is 0 Å². The van der Waals surface area contributed by atoms with Crippen LogP contribution in [0, 0.1) is 29.1 Å². The van der Waals surface area contributed by atoms with E-state index >= 15 is 0 Å². The number of nitrogens with zero attached hydrogens (tertiary/aromatic N) is 1. The topological polar surface area (TPSA) is 12.2 Å². The fourth-order valence-electron chi connectivity index (χ4n) is 2.68. The van der Waals surface area contributed by atoms with Crippen molar-refractivity contribution in [3.8, 4) is 5.75 Å². The van der Waals surface area contributed by atoms with E-state index in [0.29, 0.717) is 16.9 Å². The molecule has 0 aliphatic heterocycles. The van der Waals surface area contributed by atoms with E-state index in [0.717, 1.165) is 4.58 Å². The monoisotopic (exact) mass is 392 g/mol. The lowest BCUT2D eigenvalue weighted by molar-refractivity contribution is -0.457. The van der Waals surface area contributed by atoms with Crippen LogP contribution in [-0.2, 0) is 6.54 Å². The predicted octanol–water partition coefficient (Wildman–Crippen LogP) is 5.35. The van der Waals surface area contributed by atoms with E-state index in [1.807, 2.05) is 0 Å². The number of benzene rings is 3. The van der Waals surface area contributed by atoms with Crippen LogP contribution in [0.2, 0.25) is 0 Å². The Morgan fingerprint density at radius 3 is 1.82 bits per heavy atom. The van der Waals surface area contributed by atoms with Crippen LogP contribution in [0.4, 0.5) is 27.6 Å². The van der Waals surface area contributed by atoms with Crippen molar-refractivity contribution in [3.05, 3.63) is 94.8 Å². The molecule has 0 N–H and O–H groups in total. The summed E-state index contributed by atoms with van der Waals surface area (Å²) in [5.74, 6) is -9.40. The summed E-state index contributed by atoms with van der Waals surface area (Å²) in [7, 11) is 1.48. The van der Waals surface area contributed by atoms with E-state index in [1.54, 1.807) is 54.6 Å². The van der Waals surface area contributed by atoms with Crippen LogP contribution in [0.25, 0.3) is 0 Å². The molecule has 0 fully saturated rings. The van der Waals surface area contributed by atoms with E-state index in [2.05, 4.69) is 0 Å². The highest BCUT2D eigenvalue weighted by Crippen LogP contribution is 2.30. The minimum atomic E-state index is -2.19. The SMILES string of the molecule is COc1ccc(C=[N+](Cc2ccccc2)c2c(F)c(F)c(F)c(F)c2F)cc1. The molecule has 144 valence electrons. The standard InChI is InChI=1S/C21H15F5NO/c1-28-15-9-7-14(8-10-15)12-27(11-13-5-3-2-4-6-13)21-19(25)17(23)16(22)18(24)20(21)26/h2-10,12H,11H2,1H3/q+1. The molecule has 0 atom stereocenters. The Morgan fingerprint density at radius 1 is 0.750 bits per heavy atom. The van der Waals surface area contributed by atoms with Crippen molar-refractivity contribution in [1.29, 1.82) is 0 Å². The Labute approximate surface area is 158 Å². The first-order valence-electron chi connectivity index (χ1n) is 8.23. The number of rotatable bonds is 5. The van der Waals surface area contributed by atoms with Crippen LogP contribution < -0.4 is 4.74 Å². The van der Waals surface area contributed by atoms with Crippen LogP contribution in [0.5, 0.6) is 5.75 Å². The number of hydrogen-bond donors (Lipinski definition) is 0. The number of halogens is 5. The zero-order valence-electron chi connectivity index (χ0n) is 14.7. The second-order valence-electron chi connectivity index (χ2n) is 5.93. The molecule has 0 saturated carbocycles. The summed E-state index contributed by atoms with van der Waals surface area (Å²) in [5, 5.41) is 0. The van der Waals surface area contributed by atoms with Gasteiger partial charge in [0.1, 0.15) is 5.75 Å². The predicted molar refractivity (Wildman–Crippen MR) is 94.5 cm³/mol. The fraction of sp³-hybridized carbons (Fsp3) is 0.0952. The molecule has 0 aromatic heterocycles. The average molecular weight is 392 g/mol. The van der Waals surface area contributed by atoms with Gasteiger partial charge < -0.3 is 4.74 Å². The van der Waals surface area contributed by atoms with E-state index < -0.39 is 34.8 Å². The molecule has 0 spiro atoms. The largest absolute Gasteiger partial charge is 0.497 e. The fourth-order valence-corrected chi connectivity index (χ4v) is 2.68. The third-order valence-electron chi connectivity index (χ3n) is 4.09. The molecular formula is C21H15F5NO+. The van der Waals surface area contributed by atoms with Crippen molar-refractivity contribution < 1.29 is 31.3 Å². The summed E-state index contributed by atoms with van der Waals surface area (Å²) >= 11 is 0. The van der Waals surface area contributed by atoms with E-state index in [-0.39, 0.29) is 6.54 Å². The lowest BCUT2D eigenvalue weighted by Gasteiger charge is -2.08. The lowest BCUT2D eigenvalue weighted by Crippen LogP contribution is -2.15. The third-order valence-corrected chi connectivity index (χ3v) is 4.09. The quantitative estimate of drug-likeness (QED) is 0.187. The second-order valence-corrected chi connectivity index (χ2v) is 5.93. The first kappa shape index (κ1) is 19.5. The Morgan fingerprint density at radius 2 is 1.29 bits per heavy atom. The Kier molecular flexibility index (Phi) is 5.73. The third kappa shape index (κ3) is 3.88. The zero-order chi connectivity index (χ0) is 20.3. The first-order valence-corrected chi connectivity index (χ1v) is 8.23. The molecular weight excluding hydrogens is 377 g/mol. The van der Waals surface area contributed by atoms with E-state index in [4.69, 9.17) is 4.74 Å². The molecule has 7 heteroatoms. The van der Waals surface area contributed by atoms with Gasteiger partial charge in [0, 0.05) is 11.1 Å². The molecule has 0 heterocycles. The molecule has 0 amide bonds. The van der Waals surface area contributed by atoms with Gasteiger partial charge in [-0.1, -0.05) is 30.3 Å². The zero-order valence-corrected chi connectivity index (χ0v) is 14.7. The molecule has 0 aliphatic carbocycles. The molecule has 28 heavy (non-hydrogen) atoms. The van der Waals surface area contributed by atoms with Gasteiger partial charge in [0.25, 0.3) is 5.69 Å². The summed E-state index contributed by atoms with van der Waals surface area (Å²) in [6.45, 7) is -0.106. The lowest BCUT2D eigenvalue weighted by atomic mass is 10.1. The molecule has 0 bridgehead atoms. The smallest absolute Gasteiger partial charge is 0.284 e. The minimum absolute atomic E-state index is 0.106. The van der Waals surface area contributed by atoms with E-state index in [1.165, 1.54) is 13.3 Å². The molecule has 0 radical (unpaired) electrons. The molecule has 0 aliphatic rings. The van der Waals surface area contributed by atoms with Crippen LogP contribution >= 0.6 is 0 Å². The van der Waals surface area contributed by atoms with Gasteiger partial charge in [-0.25, -0.2) is 13.2 Å². The van der Waals surface area contributed by atoms with Crippen LogP contribution in [0.1, 0.15) is 11.1 Å². The highest BCUT2D eigenvalue weighted by molar-refractivity contribution is 5.76. The average Bonchev–Trinajstić information content (AvgIpc) is 2.72. The van der Waals surface area contributed by atoms with Gasteiger partial charge in [-0.3, -0.25) is 0 Å². The van der Waals surface area contributed by atoms with Crippen LogP contribution in [0.15, 0.2) is 54.6 Å². The minimum Gasteiger partial charge on any atom is -0.497 e. The van der Waals surface area contributed by atoms with Gasteiger partial charge >= 0.3 is 0 Å². The first-order chi connectivity index (χ1) is 13.4. The second kappa shape index (κ2) is 8.21. The van der Waals surface area contributed by atoms with E-state index in [9.17, 15) is 22.0 Å². The maximum absolute atomic E-state index is 14.4. The van der Waals surface area contributed by atoms with Gasteiger partial charge in [-0.2, -0.15) is 13.4 Å². The van der Waals surface area contributed by atoms with Crippen LogP contribution in [0.3, 0.4) is 0 Å². The number of methoxy groups -OCH3 is 1. The summed E-state index contributed by atoms with van der Waals surface area (Å²) < 4.78 is 75.7. The maximum Gasteiger partial charge on any atom is 0.284 e. The summed E-state index contributed by atoms with van der Waals surface area (Å²) in [4.78, 5) is 0. The van der Waals surface area contributed by atoms with Gasteiger partial charge in [-0.15, -0.1) is 0 Å². The molecule has 0 saturated heterocycles. The van der Waals surface area contributed by atoms with Crippen molar-refractivity contribution >= 4 is 11.9 Å². The summed E-state index contributed by atoms with van der Waals surface area (Å²) in [6, 6.07) is 15.0. The van der Waals surface area contributed by atoms with Crippen molar-refractivity contribution in [1.82, 2.24) is 0 Å². The Balaban J connectivity index is 2.18. The van der Waals surface area contributed by atoms with Crippen LogP contribution in [-0.4, -0.2) is 17.9 Å². The Hall–Kier alpha value is -3.22. The number of ether oxygens (including phenoxy) is 1. The van der Waals surface area contributed by atoms with Gasteiger partial charge in [-0.05, 0) is 24.3 Å². The van der Waals surface area contributed by atoms with Crippen molar-refractivity contribution in [2.45, 2.75) is 6.54 Å². The molecule has 3 rings (SSSR count). The summed E-state index contributed by atoms with van der Waals surface area (Å²) in [6.07, 6.45) is 1.31. The van der Waals surface area contributed by atoms with Gasteiger partial charge in [0.15, 0.2) is 12.8 Å².